The molecule has 1 saturated heterocycles. The minimum atomic E-state index is -0.202. The van der Waals surface area contributed by atoms with Gasteiger partial charge in [-0.25, -0.2) is 0 Å². The number of likely N-dealkylation sites (tertiary alicyclic amines) is 1. The molecule has 0 bridgehead atoms. The number of hydrogen-bond acceptors (Lipinski definition) is 2. The quantitative estimate of drug-likeness (QED) is 0.864. The summed E-state index contributed by atoms with van der Waals surface area (Å²) in [5, 5.41) is 0. The van der Waals surface area contributed by atoms with Crippen LogP contribution in [0.1, 0.15) is 32.3 Å². The number of benzene rings is 1. The predicted octanol–water partition coefficient (Wildman–Crippen LogP) is 1.87. The fraction of sp³-hybridized carbons (Fsp3) is 0.500. The van der Waals surface area contributed by atoms with Crippen LogP contribution in [0.2, 0.25) is 0 Å². The first kappa shape index (κ1) is 12.1. The SMILES string of the molecule is CC(C)(c1ccccc1)N1CCC[C@@H]1C(N)=O. The Kier molecular flexibility index (Phi) is 3.20. The van der Waals surface area contributed by atoms with Gasteiger partial charge in [0.25, 0.3) is 0 Å². The molecule has 1 aromatic carbocycles. The second-order valence-electron chi connectivity index (χ2n) is 5.18. The van der Waals surface area contributed by atoms with Crippen molar-refractivity contribution in [3.63, 3.8) is 0 Å². The zero-order valence-electron chi connectivity index (χ0n) is 10.5. The Bertz CT molecular complexity index is 400. The van der Waals surface area contributed by atoms with E-state index in [0.29, 0.717) is 0 Å². The number of rotatable bonds is 3. The molecule has 1 atom stereocenters. The van der Waals surface area contributed by atoms with Gasteiger partial charge in [-0.3, -0.25) is 9.69 Å². The van der Waals surface area contributed by atoms with Gasteiger partial charge in [-0.1, -0.05) is 30.3 Å². The number of nitrogens with zero attached hydrogens (tertiary/aromatic N) is 1. The minimum Gasteiger partial charge on any atom is -0.368 e. The molecule has 0 radical (unpaired) electrons. The summed E-state index contributed by atoms with van der Waals surface area (Å²) in [5.74, 6) is -0.202. The molecule has 1 aliphatic heterocycles. The number of carbonyl (C=O) groups excluding carboxylic acids is 1. The van der Waals surface area contributed by atoms with Crippen LogP contribution in [0, 0.1) is 0 Å². The number of carbonyl (C=O) groups is 1. The highest BCUT2D eigenvalue weighted by Gasteiger charge is 2.39. The van der Waals surface area contributed by atoms with Crippen molar-refractivity contribution in [1.29, 1.82) is 0 Å². The third kappa shape index (κ3) is 2.20. The first-order chi connectivity index (χ1) is 8.03. The molecular weight excluding hydrogens is 212 g/mol. The molecule has 1 aromatic rings. The normalized spacial score (nSPS) is 21.6. The van der Waals surface area contributed by atoms with Gasteiger partial charge >= 0.3 is 0 Å². The summed E-state index contributed by atoms with van der Waals surface area (Å²) in [7, 11) is 0. The van der Waals surface area contributed by atoms with Crippen LogP contribution in [0.3, 0.4) is 0 Å². The Hall–Kier alpha value is -1.35. The van der Waals surface area contributed by atoms with Crippen LogP contribution in [0.15, 0.2) is 30.3 Å². The van der Waals surface area contributed by atoms with Crippen LogP contribution in [-0.4, -0.2) is 23.4 Å². The summed E-state index contributed by atoms with van der Waals surface area (Å²) in [6.07, 6.45) is 1.93. The van der Waals surface area contributed by atoms with Gasteiger partial charge in [0.1, 0.15) is 0 Å². The first-order valence-corrected chi connectivity index (χ1v) is 6.15. The highest BCUT2D eigenvalue weighted by molar-refractivity contribution is 5.80. The Labute approximate surface area is 103 Å². The van der Waals surface area contributed by atoms with E-state index < -0.39 is 0 Å². The smallest absolute Gasteiger partial charge is 0.234 e. The van der Waals surface area contributed by atoms with Crippen LogP contribution >= 0.6 is 0 Å². The number of hydrogen-bond donors (Lipinski definition) is 1. The average Bonchev–Trinajstić information content (AvgIpc) is 2.80. The van der Waals surface area contributed by atoms with E-state index in [2.05, 4.69) is 30.9 Å². The van der Waals surface area contributed by atoms with Crippen molar-refractivity contribution in [3.8, 4) is 0 Å². The largest absolute Gasteiger partial charge is 0.368 e. The summed E-state index contributed by atoms with van der Waals surface area (Å²) in [6, 6.07) is 10.2. The van der Waals surface area contributed by atoms with E-state index in [9.17, 15) is 4.79 Å². The van der Waals surface area contributed by atoms with E-state index >= 15 is 0 Å². The summed E-state index contributed by atoms with van der Waals surface area (Å²) in [5.41, 5.74) is 6.57. The topological polar surface area (TPSA) is 46.3 Å². The highest BCUT2D eigenvalue weighted by atomic mass is 16.1. The standard InChI is InChI=1S/C14H20N2O/c1-14(2,11-7-4-3-5-8-11)16-10-6-9-12(16)13(15)17/h3-5,7-8,12H,6,9-10H2,1-2H3,(H2,15,17)/t12-/m1/s1. The molecule has 3 heteroatoms. The summed E-state index contributed by atoms with van der Waals surface area (Å²) < 4.78 is 0. The predicted molar refractivity (Wildman–Crippen MR) is 68.4 cm³/mol. The second-order valence-corrected chi connectivity index (χ2v) is 5.18. The van der Waals surface area contributed by atoms with E-state index in [1.54, 1.807) is 0 Å². The lowest BCUT2D eigenvalue weighted by Crippen LogP contribution is -2.49. The van der Waals surface area contributed by atoms with Gasteiger partial charge in [0.05, 0.1) is 6.04 Å². The maximum Gasteiger partial charge on any atom is 0.234 e. The summed E-state index contributed by atoms with van der Waals surface area (Å²) in [6.45, 7) is 5.25. The maximum atomic E-state index is 11.5. The van der Waals surface area contributed by atoms with E-state index in [1.165, 1.54) is 5.56 Å². The third-order valence-corrected chi connectivity index (χ3v) is 3.78. The molecule has 92 valence electrons. The Morgan fingerprint density at radius 2 is 2.00 bits per heavy atom. The fourth-order valence-corrected chi connectivity index (χ4v) is 2.74. The van der Waals surface area contributed by atoms with Crippen molar-refractivity contribution < 1.29 is 4.79 Å². The Morgan fingerprint density at radius 1 is 1.35 bits per heavy atom. The summed E-state index contributed by atoms with van der Waals surface area (Å²) in [4.78, 5) is 13.7. The molecule has 3 nitrogen and oxygen atoms in total. The van der Waals surface area contributed by atoms with Gasteiger partial charge in [-0.05, 0) is 38.8 Å². The zero-order valence-corrected chi connectivity index (χ0v) is 10.5. The number of nitrogens with two attached hydrogens (primary N) is 1. The molecular formula is C14H20N2O. The third-order valence-electron chi connectivity index (χ3n) is 3.78. The van der Waals surface area contributed by atoms with Gasteiger partial charge in [0, 0.05) is 5.54 Å². The highest BCUT2D eigenvalue weighted by Crippen LogP contribution is 2.34. The van der Waals surface area contributed by atoms with Crippen LogP contribution in [-0.2, 0) is 10.3 Å². The first-order valence-electron chi connectivity index (χ1n) is 6.15. The van der Waals surface area contributed by atoms with E-state index in [0.717, 1.165) is 19.4 Å². The van der Waals surface area contributed by atoms with Crippen LogP contribution in [0.25, 0.3) is 0 Å². The molecule has 1 aliphatic rings. The number of primary amides is 1. The molecule has 1 heterocycles. The van der Waals surface area contributed by atoms with Crippen molar-refractivity contribution >= 4 is 5.91 Å². The van der Waals surface area contributed by atoms with Gasteiger partial charge in [0.15, 0.2) is 0 Å². The molecule has 0 saturated carbocycles. The molecule has 1 fully saturated rings. The lowest BCUT2D eigenvalue weighted by atomic mass is 9.91. The van der Waals surface area contributed by atoms with E-state index in [4.69, 9.17) is 5.73 Å². The van der Waals surface area contributed by atoms with Crippen LogP contribution in [0.5, 0.6) is 0 Å². The van der Waals surface area contributed by atoms with Gasteiger partial charge < -0.3 is 5.73 Å². The van der Waals surface area contributed by atoms with Crippen molar-refractivity contribution in [2.45, 2.75) is 38.3 Å². The molecule has 0 aliphatic carbocycles. The van der Waals surface area contributed by atoms with Crippen molar-refractivity contribution in [2.24, 2.45) is 5.73 Å². The molecule has 2 N–H and O–H groups in total. The molecule has 0 unspecified atom stereocenters. The lowest BCUT2D eigenvalue weighted by molar-refractivity contribution is -0.124. The van der Waals surface area contributed by atoms with Gasteiger partial charge in [0.2, 0.25) is 5.91 Å². The summed E-state index contributed by atoms with van der Waals surface area (Å²) >= 11 is 0. The van der Waals surface area contributed by atoms with E-state index in [1.807, 2.05) is 18.2 Å². The molecule has 2 rings (SSSR count). The average molecular weight is 232 g/mol. The minimum absolute atomic E-state index is 0.120. The Morgan fingerprint density at radius 3 is 2.59 bits per heavy atom. The zero-order chi connectivity index (χ0) is 12.5. The maximum absolute atomic E-state index is 11.5. The number of amides is 1. The van der Waals surface area contributed by atoms with Gasteiger partial charge in [-0.2, -0.15) is 0 Å². The lowest BCUT2D eigenvalue weighted by Gasteiger charge is -2.39. The van der Waals surface area contributed by atoms with Crippen molar-refractivity contribution in [2.75, 3.05) is 6.54 Å². The molecule has 0 aromatic heterocycles. The van der Waals surface area contributed by atoms with E-state index in [-0.39, 0.29) is 17.5 Å². The van der Waals surface area contributed by atoms with Crippen molar-refractivity contribution in [3.05, 3.63) is 35.9 Å². The molecule has 0 spiro atoms. The molecule has 1 amide bonds. The van der Waals surface area contributed by atoms with Crippen LogP contribution < -0.4 is 5.73 Å². The fourth-order valence-electron chi connectivity index (χ4n) is 2.74. The Balaban J connectivity index is 2.29. The van der Waals surface area contributed by atoms with Crippen molar-refractivity contribution in [1.82, 2.24) is 4.90 Å². The molecule has 17 heavy (non-hydrogen) atoms. The monoisotopic (exact) mass is 232 g/mol. The second kappa shape index (κ2) is 4.49. The van der Waals surface area contributed by atoms with Gasteiger partial charge in [-0.15, -0.1) is 0 Å². The van der Waals surface area contributed by atoms with Crippen LogP contribution in [0.4, 0.5) is 0 Å².